The quantitative estimate of drug-likeness (QED) is 0.291. The summed E-state index contributed by atoms with van der Waals surface area (Å²) in [5, 5.41) is 1.60. The molecular formula is C32H30N2O3. The lowest BCUT2D eigenvalue weighted by Crippen LogP contribution is -2.42. The summed E-state index contributed by atoms with van der Waals surface area (Å²) in [5.74, 6) is -0.690. The van der Waals surface area contributed by atoms with E-state index in [0.717, 1.165) is 16.5 Å². The average Bonchev–Trinajstić information content (AvgIpc) is 2.91. The molecule has 5 rings (SSSR count). The van der Waals surface area contributed by atoms with Gasteiger partial charge in [-0.3, -0.25) is 19.3 Å². The summed E-state index contributed by atoms with van der Waals surface area (Å²) >= 11 is 0. The molecule has 3 amide bonds. The van der Waals surface area contributed by atoms with E-state index in [1.54, 1.807) is 29.2 Å². The highest BCUT2D eigenvalue weighted by molar-refractivity contribution is 6.25. The second-order valence-electron chi connectivity index (χ2n) is 10.4. The minimum atomic E-state index is -0.287. The molecule has 5 heteroatoms. The molecule has 1 heterocycles. The topological polar surface area (TPSA) is 57.7 Å². The van der Waals surface area contributed by atoms with Gasteiger partial charge in [0.1, 0.15) is 0 Å². The monoisotopic (exact) mass is 490 g/mol. The summed E-state index contributed by atoms with van der Waals surface area (Å²) in [4.78, 5) is 43.1. The van der Waals surface area contributed by atoms with Crippen LogP contribution in [0, 0.1) is 0 Å². The van der Waals surface area contributed by atoms with Crippen LogP contribution >= 0.6 is 0 Å². The Morgan fingerprint density at radius 2 is 1.35 bits per heavy atom. The van der Waals surface area contributed by atoms with Gasteiger partial charge in [0.15, 0.2) is 0 Å². The van der Waals surface area contributed by atoms with E-state index in [4.69, 9.17) is 0 Å². The number of anilines is 1. The summed E-state index contributed by atoms with van der Waals surface area (Å²) in [6.07, 6.45) is 0.454. The number of carbonyl (C=O) groups excluding carboxylic acids is 3. The molecule has 5 nitrogen and oxygen atoms in total. The number of benzene rings is 4. The molecule has 0 saturated carbocycles. The first-order chi connectivity index (χ1) is 17.8. The van der Waals surface area contributed by atoms with Gasteiger partial charge in [0.2, 0.25) is 0 Å². The highest BCUT2D eigenvalue weighted by Crippen LogP contribution is 2.30. The van der Waals surface area contributed by atoms with Crippen LogP contribution in [0.3, 0.4) is 0 Å². The molecule has 0 fully saturated rings. The summed E-state index contributed by atoms with van der Waals surface area (Å²) in [7, 11) is 0. The number of carbonyl (C=O) groups is 3. The second kappa shape index (κ2) is 9.66. The van der Waals surface area contributed by atoms with Crippen molar-refractivity contribution in [2.75, 3.05) is 18.0 Å². The maximum Gasteiger partial charge on any atom is 0.261 e. The molecule has 1 aliphatic rings. The number of hydrogen-bond donors (Lipinski definition) is 0. The Morgan fingerprint density at radius 3 is 1.92 bits per heavy atom. The summed E-state index contributed by atoms with van der Waals surface area (Å²) in [6.45, 7) is 7.05. The summed E-state index contributed by atoms with van der Waals surface area (Å²) < 4.78 is 0. The first-order valence-electron chi connectivity index (χ1n) is 12.6. The zero-order valence-electron chi connectivity index (χ0n) is 21.4. The maximum absolute atomic E-state index is 13.5. The van der Waals surface area contributed by atoms with E-state index in [2.05, 4.69) is 32.9 Å². The van der Waals surface area contributed by atoms with Crippen LogP contribution in [0.25, 0.3) is 10.8 Å². The second-order valence-corrected chi connectivity index (χ2v) is 10.4. The Morgan fingerprint density at radius 1 is 0.757 bits per heavy atom. The standard InChI is InChI=1S/C32H30N2O3/c1-32(2,3)24-16-18-25(19-17-24)33(29(35)23-10-5-4-6-11-23)20-9-21-34-30(36)26-14-7-12-22-13-8-15-27(28(22)26)31(34)37/h4-8,10-19H,9,20-21H2,1-3H3. The third-order valence-corrected chi connectivity index (χ3v) is 6.93. The van der Waals surface area contributed by atoms with Crippen LogP contribution < -0.4 is 4.90 Å². The van der Waals surface area contributed by atoms with Crippen LogP contribution in [-0.2, 0) is 5.41 Å². The third kappa shape index (κ3) is 4.65. The molecule has 4 aromatic carbocycles. The van der Waals surface area contributed by atoms with Crippen molar-refractivity contribution in [2.24, 2.45) is 0 Å². The summed E-state index contributed by atoms with van der Waals surface area (Å²) in [6, 6.07) is 28.3. The molecule has 1 aliphatic heterocycles. The van der Waals surface area contributed by atoms with Crippen LogP contribution in [0.1, 0.15) is 63.8 Å². The highest BCUT2D eigenvalue weighted by Gasteiger charge is 2.32. The lowest BCUT2D eigenvalue weighted by molar-refractivity contribution is 0.0610. The molecule has 0 unspecified atom stereocenters. The Hall–Kier alpha value is -4.25. The molecule has 0 N–H and O–H groups in total. The normalized spacial score (nSPS) is 13.2. The van der Waals surface area contributed by atoms with Gasteiger partial charge in [0.25, 0.3) is 17.7 Å². The lowest BCUT2D eigenvalue weighted by Gasteiger charge is -2.29. The van der Waals surface area contributed by atoms with E-state index in [1.165, 1.54) is 10.5 Å². The van der Waals surface area contributed by atoms with Gasteiger partial charge in [-0.05, 0) is 59.2 Å². The van der Waals surface area contributed by atoms with Crippen molar-refractivity contribution in [3.63, 3.8) is 0 Å². The lowest BCUT2D eigenvalue weighted by atomic mass is 9.87. The molecule has 0 aromatic heterocycles. The number of amides is 3. The predicted octanol–water partition coefficient (Wildman–Crippen LogP) is 6.47. The van der Waals surface area contributed by atoms with Crippen LogP contribution in [0.15, 0.2) is 91.0 Å². The first kappa shape index (κ1) is 24.4. The predicted molar refractivity (Wildman–Crippen MR) is 147 cm³/mol. The van der Waals surface area contributed by atoms with Crippen molar-refractivity contribution in [3.05, 3.63) is 113 Å². The fourth-order valence-electron chi connectivity index (χ4n) is 4.90. The molecule has 0 bridgehead atoms. The zero-order chi connectivity index (χ0) is 26.2. The van der Waals surface area contributed by atoms with Crippen molar-refractivity contribution in [3.8, 4) is 0 Å². The number of nitrogens with zero attached hydrogens (tertiary/aromatic N) is 2. The fourth-order valence-corrected chi connectivity index (χ4v) is 4.90. The molecular weight excluding hydrogens is 460 g/mol. The molecule has 186 valence electrons. The van der Waals surface area contributed by atoms with Crippen LogP contribution in [-0.4, -0.2) is 35.7 Å². The molecule has 0 radical (unpaired) electrons. The van der Waals surface area contributed by atoms with Crippen LogP contribution in [0.4, 0.5) is 5.69 Å². The highest BCUT2D eigenvalue weighted by atomic mass is 16.2. The minimum absolute atomic E-state index is 0.000926. The molecule has 0 spiro atoms. The van der Waals surface area contributed by atoms with E-state index in [-0.39, 0.29) is 29.7 Å². The Balaban J connectivity index is 1.39. The van der Waals surface area contributed by atoms with E-state index in [0.29, 0.717) is 29.7 Å². The molecule has 37 heavy (non-hydrogen) atoms. The number of rotatable bonds is 6. The molecule has 0 aliphatic carbocycles. The van der Waals surface area contributed by atoms with Crippen molar-refractivity contribution < 1.29 is 14.4 Å². The number of imide groups is 1. The van der Waals surface area contributed by atoms with E-state index in [9.17, 15) is 14.4 Å². The summed E-state index contributed by atoms with van der Waals surface area (Å²) in [5.41, 5.74) is 3.65. The zero-order valence-corrected chi connectivity index (χ0v) is 21.4. The Kier molecular flexibility index (Phi) is 6.38. The Labute approximate surface area is 217 Å². The first-order valence-corrected chi connectivity index (χ1v) is 12.6. The van der Waals surface area contributed by atoms with Crippen LogP contribution in [0.5, 0.6) is 0 Å². The molecule has 0 saturated heterocycles. The smallest absolute Gasteiger partial charge is 0.261 e. The largest absolute Gasteiger partial charge is 0.308 e. The average molecular weight is 491 g/mol. The SMILES string of the molecule is CC(C)(C)c1ccc(N(CCCN2C(=O)c3cccc4cccc(c34)C2=O)C(=O)c2ccccc2)cc1. The van der Waals surface area contributed by atoms with Gasteiger partial charge >= 0.3 is 0 Å². The van der Waals surface area contributed by atoms with Gasteiger partial charge < -0.3 is 4.90 Å². The van der Waals surface area contributed by atoms with Crippen molar-refractivity contribution >= 4 is 34.2 Å². The van der Waals surface area contributed by atoms with Crippen molar-refractivity contribution in [1.29, 1.82) is 0 Å². The van der Waals surface area contributed by atoms with Gasteiger partial charge in [-0.25, -0.2) is 0 Å². The third-order valence-electron chi connectivity index (χ3n) is 6.93. The van der Waals surface area contributed by atoms with Crippen LogP contribution in [0.2, 0.25) is 0 Å². The van der Waals surface area contributed by atoms with Gasteiger partial charge in [-0.2, -0.15) is 0 Å². The van der Waals surface area contributed by atoms with Gasteiger partial charge in [-0.1, -0.05) is 75.4 Å². The van der Waals surface area contributed by atoms with E-state index >= 15 is 0 Å². The van der Waals surface area contributed by atoms with Gasteiger partial charge in [0, 0.05) is 40.9 Å². The van der Waals surface area contributed by atoms with Gasteiger partial charge in [0.05, 0.1) is 0 Å². The van der Waals surface area contributed by atoms with Gasteiger partial charge in [-0.15, -0.1) is 0 Å². The molecule has 4 aromatic rings. The maximum atomic E-state index is 13.5. The van der Waals surface area contributed by atoms with E-state index in [1.807, 2.05) is 54.6 Å². The van der Waals surface area contributed by atoms with Crippen molar-refractivity contribution in [1.82, 2.24) is 4.90 Å². The fraction of sp³-hybridized carbons (Fsp3) is 0.219. The number of hydrogen-bond acceptors (Lipinski definition) is 3. The molecule has 0 atom stereocenters. The van der Waals surface area contributed by atoms with Crippen molar-refractivity contribution in [2.45, 2.75) is 32.6 Å². The Bertz CT molecular complexity index is 1430. The van der Waals surface area contributed by atoms with E-state index < -0.39 is 0 Å². The minimum Gasteiger partial charge on any atom is -0.308 e.